The van der Waals surface area contributed by atoms with Crippen molar-refractivity contribution in [3.63, 3.8) is 0 Å². The van der Waals surface area contributed by atoms with Gasteiger partial charge in [0.15, 0.2) is 0 Å². The highest BCUT2D eigenvalue weighted by molar-refractivity contribution is 5.75. The first-order valence-corrected chi connectivity index (χ1v) is 5.27. The largest absolute Gasteiger partial charge is 0.464 e. The van der Waals surface area contributed by atoms with Crippen LogP contribution in [0.3, 0.4) is 0 Å². The second-order valence-electron chi connectivity index (χ2n) is 3.90. The molecular formula is C10H19NO3. The van der Waals surface area contributed by atoms with E-state index in [-0.39, 0.29) is 19.0 Å². The van der Waals surface area contributed by atoms with Crippen molar-refractivity contribution in [2.24, 2.45) is 11.7 Å². The van der Waals surface area contributed by atoms with Crippen LogP contribution in [0.2, 0.25) is 0 Å². The molecule has 0 aromatic heterocycles. The van der Waals surface area contributed by atoms with Crippen molar-refractivity contribution >= 4 is 5.97 Å². The van der Waals surface area contributed by atoms with Crippen molar-refractivity contribution in [1.29, 1.82) is 0 Å². The van der Waals surface area contributed by atoms with Crippen LogP contribution in [0.5, 0.6) is 0 Å². The zero-order chi connectivity index (χ0) is 10.4. The van der Waals surface area contributed by atoms with Crippen molar-refractivity contribution < 1.29 is 14.6 Å². The first-order chi connectivity index (χ1) is 6.74. The van der Waals surface area contributed by atoms with E-state index in [2.05, 4.69) is 0 Å². The van der Waals surface area contributed by atoms with Crippen LogP contribution in [0.1, 0.15) is 32.1 Å². The third kappa shape index (κ3) is 3.64. The summed E-state index contributed by atoms with van der Waals surface area (Å²) < 4.78 is 5.07. The molecule has 0 saturated heterocycles. The molecule has 0 aliphatic heterocycles. The number of esters is 1. The maximum atomic E-state index is 11.2. The Kier molecular flexibility index (Phi) is 4.90. The lowest BCUT2D eigenvalue weighted by Gasteiger charge is -2.13. The SMILES string of the molecule is N[C@H](CCO)C(=O)OCC1CCCC1. The average molecular weight is 201 g/mol. The highest BCUT2D eigenvalue weighted by Gasteiger charge is 2.19. The molecule has 82 valence electrons. The smallest absolute Gasteiger partial charge is 0.323 e. The number of aliphatic hydroxyl groups excluding tert-OH is 1. The first kappa shape index (κ1) is 11.5. The summed E-state index contributed by atoms with van der Waals surface area (Å²) in [6.07, 6.45) is 5.07. The fraction of sp³-hybridized carbons (Fsp3) is 0.900. The molecule has 4 nitrogen and oxygen atoms in total. The second kappa shape index (κ2) is 5.98. The van der Waals surface area contributed by atoms with E-state index in [4.69, 9.17) is 15.6 Å². The second-order valence-corrected chi connectivity index (χ2v) is 3.90. The zero-order valence-corrected chi connectivity index (χ0v) is 8.45. The Hall–Kier alpha value is -0.610. The molecule has 0 radical (unpaired) electrons. The minimum Gasteiger partial charge on any atom is -0.464 e. The third-order valence-corrected chi connectivity index (χ3v) is 2.68. The van der Waals surface area contributed by atoms with E-state index in [0.717, 1.165) is 12.8 Å². The highest BCUT2D eigenvalue weighted by Crippen LogP contribution is 2.24. The molecular weight excluding hydrogens is 182 g/mol. The molecule has 1 fully saturated rings. The lowest BCUT2D eigenvalue weighted by molar-refractivity contribution is -0.146. The van der Waals surface area contributed by atoms with E-state index < -0.39 is 6.04 Å². The van der Waals surface area contributed by atoms with Gasteiger partial charge in [-0.3, -0.25) is 4.79 Å². The minimum atomic E-state index is -0.665. The molecule has 1 aliphatic carbocycles. The molecule has 1 saturated carbocycles. The Morgan fingerprint density at radius 3 is 2.71 bits per heavy atom. The summed E-state index contributed by atoms with van der Waals surface area (Å²) in [5, 5.41) is 8.58. The number of carbonyl (C=O) groups is 1. The van der Waals surface area contributed by atoms with Crippen molar-refractivity contribution in [2.75, 3.05) is 13.2 Å². The molecule has 3 N–H and O–H groups in total. The van der Waals surface area contributed by atoms with Gasteiger partial charge in [0.1, 0.15) is 6.04 Å². The lowest BCUT2D eigenvalue weighted by Crippen LogP contribution is -2.34. The Bertz CT molecular complexity index is 178. The minimum absolute atomic E-state index is 0.0697. The van der Waals surface area contributed by atoms with Crippen LogP contribution < -0.4 is 5.73 Å². The average Bonchev–Trinajstić information content (AvgIpc) is 2.67. The summed E-state index contributed by atoms with van der Waals surface area (Å²) in [6, 6.07) is -0.665. The maximum Gasteiger partial charge on any atom is 0.323 e. The van der Waals surface area contributed by atoms with Gasteiger partial charge in [-0.25, -0.2) is 0 Å². The quantitative estimate of drug-likeness (QED) is 0.633. The molecule has 14 heavy (non-hydrogen) atoms. The number of aliphatic hydroxyl groups is 1. The summed E-state index contributed by atoms with van der Waals surface area (Å²) in [7, 11) is 0. The van der Waals surface area contributed by atoms with Gasteiger partial charge < -0.3 is 15.6 Å². The van der Waals surface area contributed by atoms with Gasteiger partial charge in [0.2, 0.25) is 0 Å². The van der Waals surface area contributed by atoms with Crippen LogP contribution in [0.4, 0.5) is 0 Å². The van der Waals surface area contributed by atoms with Crippen LogP contribution >= 0.6 is 0 Å². The van der Waals surface area contributed by atoms with Gasteiger partial charge in [0, 0.05) is 6.61 Å². The molecule has 0 bridgehead atoms. The fourth-order valence-corrected chi connectivity index (χ4v) is 1.74. The number of hydrogen-bond donors (Lipinski definition) is 2. The summed E-state index contributed by atoms with van der Waals surface area (Å²) in [5.74, 6) is 0.145. The van der Waals surface area contributed by atoms with Crippen molar-refractivity contribution in [1.82, 2.24) is 0 Å². The third-order valence-electron chi connectivity index (χ3n) is 2.68. The Balaban J connectivity index is 2.13. The van der Waals surface area contributed by atoms with E-state index in [9.17, 15) is 4.79 Å². The Morgan fingerprint density at radius 2 is 2.14 bits per heavy atom. The molecule has 4 heteroatoms. The molecule has 1 atom stereocenters. The molecule has 0 heterocycles. The number of ether oxygens (including phenoxy) is 1. The predicted octanol–water partition coefficient (Wildman–Crippen LogP) is 0.429. The van der Waals surface area contributed by atoms with Gasteiger partial charge in [-0.2, -0.15) is 0 Å². The van der Waals surface area contributed by atoms with Crippen molar-refractivity contribution in [3.8, 4) is 0 Å². The summed E-state index contributed by atoms with van der Waals surface area (Å²) in [4.78, 5) is 11.2. The standard InChI is InChI=1S/C10H19NO3/c11-9(5-6-12)10(13)14-7-8-3-1-2-4-8/h8-9,12H,1-7,11H2/t9-/m1/s1. The van der Waals surface area contributed by atoms with Gasteiger partial charge in [-0.1, -0.05) is 12.8 Å². The van der Waals surface area contributed by atoms with E-state index >= 15 is 0 Å². The van der Waals surface area contributed by atoms with Crippen molar-refractivity contribution in [3.05, 3.63) is 0 Å². The normalized spacial score (nSPS) is 19.6. The summed E-state index contributed by atoms with van der Waals surface area (Å²) in [6.45, 7) is 0.428. The van der Waals surface area contributed by atoms with Gasteiger partial charge >= 0.3 is 5.97 Å². The number of rotatable bonds is 5. The van der Waals surface area contributed by atoms with E-state index in [1.54, 1.807) is 0 Å². The molecule has 1 rings (SSSR count). The lowest BCUT2D eigenvalue weighted by atomic mass is 10.1. The van der Waals surface area contributed by atoms with Crippen LogP contribution in [-0.2, 0) is 9.53 Å². The Morgan fingerprint density at radius 1 is 1.50 bits per heavy atom. The maximum absolute atomic E-state index is 11.2. The molecule has 0 amide bonds. The van der Waals surface area contributed by atoms with Gasteiger partial charge in [0.05, 0.1) is 6.61 Å². The summed E-state index contributed by atoms with van der Waals surface area (Å²) in [5.41, 5.74) is 5.48. The number of carbonyl (C=O) groups excluding carboxylic acids is 1. The molecule has 0 aromatic carbocycles. The fourth-order valence-electron chi connectivity index (χ4n) is 1.74. The highest BCUT2D eigenvalue weighted by atomic mass is 16.5. The first-order valence-electron chi connectivity index (χ1n) is 5.27. The molecule has 0 spiro atoms. The monoisotopic (exact) mass is 201 g/mol. The van der Waals surface area contributed by atoms with Crippen molar-refractivity contribution in [2.45, 2.75) is 38.1 Å². The van der Waals surface area contributed by atoms with Gasteiger partial charge in [0.25, 0.3) is 0 Å². The van der Waals surface area contributed by atoms with Gasteiger partial charge in [-0.15, -0.1) is 0 Å². The van der Waals surface area contributed by atoms with E-state index in [1.807, 2.05) is 0 Å². The van der Waals surface area contributed by atoms with E-state index in [1.165, 1.54) is 12.8 Å². The van der Waals surface area contributed by atoms with Gasteiger partial charge in [-0.05, 0) is 25.2 Å². The zero-order valence-electron chi connectivity index (χ0n) is 8.45. The molecule has 0 unspecified atom stereocenters. The topological polar surface area (TPSA) is 72.5 Å². The summed E-state index contributed by atoms with van der Waals surface area (Å²) >= 11 is 0. The van der Waals surface area contributed by atoms with Crippen LogP contribution in [0, 0.1) is 5.92 Å². The molecule has 0 aromatic rings. The number of nitrogens with two attached hydrogens (primary N) is 1. The predicted molar refractivity (Wildman–Crippen MR) is 52.6 cm³/mol. The van der Waals surface area contributed by atoms with Crippen LogP contribution in [0.15, 0.2) is 0 Å². The number of hydrogen-bond acceptors (Lipinski definition) is 4. The van der Waals surface area contributed by atoms with Crippen LogP contribution in [0.25, 0.3) is 0 Å². The molecule has 1 aliphatic rings. The Labute approximate surface area is 84.4 Å². The van der Waals surface area contributed by atoms with E-state index in [0.29, 0.717) is 12.5 Å². The van der Waals surface area contributed by atoms with Crippen LogP contribution in [-0.4, -0.2) is 30.3 Å².